The third kappa shape index (κ3) is 4.79. The van der Waals surface area contributed by atoms with Gasteiger partial charge < -0.3 is 9.80 Å². The van der Waals surface area contributed by atoms with E-state index < -0.39 is 10.0 Å². The van der Waals surface area contributed by atoms with Crippen molar-refractivity contribution in [1.29, 1.82) is 0 Å². The Morgan fingerprint density at radius 2 is 1.62 bits per heavy atom. The number of hydrogen-bond donors (Lipinski definition) is 0. The summed E-state index contributed by atoms with van der Waals surface area (Å²) in [5.74, 6) is 0.125. The first-order valence-electron chi connectivity index (χ1n) is 11.6. The van der Waals surface area contributed by atoms with Crippen LogP contribution in [-0.2, 0) is 19.6 Å². The standard InChI is InChI=1S/C26H31N3O4S/c1-19(2)21-8-10-23(11-9-21)34(32,33)28-16-14-27(15-17-28)26(31)18-25-24-7-5-4-6-22(24)12-13-29(25)20(3)30/h4-13,19,25H,14-18H2,1-3H3/t25-/m1/s1. The van der Waals surface area contributed by atoms with Gasteiger partial charge in [-0.3, -0.25) is 9.59 Å². The summed E-state index contributed by atoms with van der Waals surface area (Å²) in [7, 11) is -3.61. The van der Waals surface area contributed by atoms with Crippen molar-refractivity contribution in [2.75, 3.05) is 26.2 Å². The second-order valence-electron chi connectivity index (χ2n) is 9.10. The first-order valence-corrected chi connectivity index (χ1v) is 13.1. The molecule has 2 amide bonds. The lowest BCUT2D eigenvalue weighted by atomic mass is 9.93. The largest absolute Gasteiger partial charge is 0.340 e. The average molecular weight is 482 g/mol. The fraction of sp³-hybridized carbons (Fsp3) is 0.385. The highest BCUT2D eigenvalue weighted by Gasteiger charge is 2.33. The zero-order valence-corrected chi connectivity index (χ0v) is 20.7. The molecule has 0 aliphatic carbocycles. The molecular formula is C26H31N3O4S. The van der Waals surface area contributed by atoms with Crippen LogP contribution in [-0.4, -0.2) is 60.5 Å². The Balaban J connectivity index is 1.42. The quantitative estimate of drug-likeness (QED) is 0.654. The van der Waals surface area contributed by atoms with Crippen molar-refractivity contribution in [2.45, 2.75) is 44.0 Å². The summed E-state index contributed by atoms with van der Waals surface area (Å²) in [6, 6.07) is 14.4. The number of nitrogens with zero attached hydrogens (tertiary/aromatic N) is 3. The maximum Gasteiger partial charge on any atom is 0.243 e. The lowest BCUT2D eigenvalue weighted by Crippen LogP contribution is -2.51. The molecule has 2 aromatic carbocycles. The van der Waals surface area contributed by atoms with Crippen molar-refractivity contribution in [1.82, 2.24) is 14.1 Å². The Labute approximate surface area is 201 Å². The van der Waals surface area contributed by atoms with Gasteiger partial charge in [0.2, 0.25) is 21.8 Å². The number of carbonyl (C=O) groups excluding carboxylic acids is 2. The van der Waals surface area contributed by atoms with Crippen LogP contribution in [0, 0.1) is 0 Å². The van der Waals surface area contributed by atoms with Gasteiger partial charge in [0.25, 0.3) is 0 Å². The summed E-state index contributed by atoms with van der Waals surface area (Å²) >= 11 is 0. The minimum Gasteiger partial charge on any atom is -0.340 e. The van der Waals surface area contributed by atoms with E-state index in [1.54, 1.807) is 28.1 Å². The van der Waals surface area contributed by atoms with E-state index >= 15 is 0 Å². The van der Waals surface area contributed by atoms with Gasteiger partial charge in [0.1, 0.15) is 0 Å². The Hall–Kier alpha value is -2.97. The Bertz CT molecular complexity index is 1200. The fourth-order valence-corrected chi connectivity index (χ4v) is 5.98. The van der Waals surface area contributed by atoms with Gasteiger partial charge in [0.05, 0.1) is 17.4 Å². The van der Waals surface area contributed by atoms with E-state index in [2.05, 4.69) is 13.8 Å². The van der Waals surface area contributed by atoms with E-state index in [9.17, 15) is 18.0 Å². The molecule has 0 saturated carbocycles. The van der Waals surface area contributed by atoms with Crippen molar-refractivity contribution in [3.05, 3.63) is 71.4 Å². The molecule has 7 nitrogen and oxygen atoms in total. The number of amides is 2. The number of rotatable bonds is 5. The van der Waals surface area contributed by atoms with Gasteiger partial charge >= 0.3 is 0 Å². The van der Waals surface area contributed by atoms with Gasteiger partial charge in [-0.15, -0.1) is 0 Å². The van der Waals surface area contributed by atoms with Crippen LogP contribution < -0.4 is 0 Å². The zero-order chi connectivity index (χ0) is 24.5. The third-order valence-electron chi connectivity index (χ3n) is 6.61. The fourth-order valence-electron chi connectivity index (χ4n) is 4.56. The predicted octanol–water partition coefficient (Wildman–Crippen LogP) is 3.61. The van der Waals surface area contributed by atoms with Crippen LogP contribution in [0.3, 0.4) is 0 Å². The summed E-state index contributed by atoms with van der Waals surface area (Å²) < 4.78 is 27.6. The van der Waals surface area contributed by atoms with Crippen molar-refractivity contribution >= 4 is 27.9 Å². The van der Waals surface area contributed by atoms with Gasteiger partial charge in [0.15, 0.2) is 0 Å². The predicted molar refractivity (Wildman–Crippen MR) is 131 cm³/mol. The lowest BCUT2D eigenvalue weighted by molar-refractivity contribution is -0.135. The van der Waals surface area contributed by atoms with Gasteiger partial charge in [-0.05, 0) is 40.8 Å². The van der Waals surface area contributed by atoms with E-state index in [-0.39, 0.29) is 42.3 Å². The van der Waals surface area contributed by atoms with Crippen LogP contribution in [0.4, 0.5) is 0 Å². The summed E-state index contributed by atoms with van der Waals surface area (Å²) in [5.41, 5.74) is 3.03. The molecule has 2 aliphatic heterocycles. The van der Waals surface area contributed by atoms with Crippen molar-refractivity contribution in [2.24, 2.45) is 0 Å². The maximum atomic E-state index is 13.2. The van der Waals surface area contributed by atoms with Gasteiger partial charge in [-0.1, -0.05) is 50.2 Å². The molecule has 0 N–H and O–H groups in total. The van der Waals surface area contributed by atoms with Crippen LogP contribution in [0.1, 0.15) is 55.8 Å². The minimum absolute atomic E-state index is 0.0836. The van der Waals surface area contributed by atoms with Crippen LogP contribution in [0.15, 0.2) is 59.6 Å². The van der Waals surface area contributed by atoms with Gasteiger partial charge in [0, 0.05) is 39.3 Å². The van der Waals surface area contributed by atoms with Crippen LogP contribution in [0.5, 0.6) is 0 Å². The van der Waals surface area contributed by atoms with Crippen LogP contribution >= 0.6 is 0 Å². The Morgan fingerprint density at radius 1 is 0.971 bits per heavy atom. The minimum atomic E-state index is -3.61. The number of hydrogen-bond acceptors (Lipinski definition) is 4. The lowest BCUT2D eigenvalue weighted by Gasteiger charge is -2.37. The van der Waals surface area contributed by atoms with E-state index in [1.165, 1.54) is 11.2 Å². The molecule has 180 valence electrons. The normalized spacial score (nSPS) is 18.8. The van der Waals surface area contributed by atoms with Crippen LogP contribution in [0.2, 0.25) is 0 Å². The number of fused-ring (bicyclic) bond motifs is 1. The summed E-state index contributed by atoms with van der Waals surface area (Å²) in [6.07, 6.45) is 3.77. The van der Waals surface area contributed by atoms with Crippen molar-refractivity contribution in [3.63, 3.8) is 0 Å². The SMILES string of the molecule is CC(=O)N1C=Cc2ccccc2[C@H]1CC(=O)N1CCN(S(=O)(=O)c2ccc(C(C)C)cc2)CC1. The van der Waals surface area contributed by atoms with E-state index in [0.717, 1.165) is 16.7 Å². The van der Waals surface area contributed by atoms with E-state index in [1.807, 2.05) is 42.5 Å². The van der Waals surface area contributed by atoms with Gasteiger partial charge in [-0.2, -0.15) is 4.31 Å². The van der Waals surface area contributed by atoms with Crippen LogP contribution in [0.25, 0.3) is 6.08 Å². The molecule has 1 fully saturated rings. The smallest absolute Gasteiger partial charge is 0.243 e. The number of benzene rings is 2. The molecule has 0 aromatic heterocycles. The van der Waals surface area contributed by atoms with Crippen molar-refractivity contribution in [3.8, 4) is 0 Å². The summed E-state index contributed by atoms with van der Waals surface area (Å²) in [4.78, 5) is 28.9. The molecule has 0 bridgehead atoms. The molecule has 0 spiro atoms. The first kappa shape index (κ1) is 24.2. The van der Waals surface area contributed by atoms with Crippen molar-refractivity contribution < 1.29 is 18.0 Å². The molecule has 0 radical (unpaired) electrons. The molecule has 1 saturated heterocycles. The molecule has 0 unspecified atom stereocenters. The van der Waals surface area contributed by atoms with Gasteiger partial charge in [-0.25, -0.2) is 8.42 Å². The highest BCUT2D eigenvalue weighted by Crippen LogP contribution is 2.33. The Kier molecular flexibility index (Phi) is 6.91. The molecule has 1 atom stereocenters. The molecule has 2 heterocycles. The maximum absolute atomic E-state index is 13.2. The molecule has 34 heavy (non-hydrogen) atoms. The van der Waals surface area contributed by atoms with E-state index in [0.29, 0.717) is 19.0 Å². The highest BCUT2D eigenvalue weighted by molar-refractivity contribution is 7.89. The molecule has 2 aromatic rings. The summed E-state index contributed by atoms with van der Waals surface area (Å²) in [6.45, 7) is 6.77. The topological polar surface area (TPSA) is 78.0 Å². The highest BCUT2D eigenvalue weighted by atomic mass is 32.2. The molecule has 8 heteroatoms. The molecule has 4 rings (SSSR count). The second-order valence-corrected chi connectivity index (χ2v) is 11.0. The summed E-state index contributed by atoms with van der Waals surface area (Å²) in [5, 5.41) is 0. The number of sulfonamides is 1. The third-order valence-corrected chi connectivity index (χ3v) is 8.53. The zero-order valence-electron chi connectivity index (χ0n) is 19.8. The van der Waals surface area contributed by atoms with E-state index in [4.69, 9.17) is 0 Å². The molecular weight excluding hydrogens is 450 g/mol. The number of piperazine rings is 1. The number of carbonyl (C=O) groups is 2. The monoisotopic (exact) mass is 481 g/mol. The molecule has 2 aliphatic rings. The average Bonchev–Trinajstić information content (AvgIpc) is 2.84. The second kappa shape index (κ2) is 9.72. The first-order chi connectivity index (χ1) is 16.2. The Morgan fingerprint density at radius 3 is 2.24 bits per heavy atom.